The van der Waals surface area contributed by atoms with Crippen molar-refractivity contribution in [1.82, 2.24) is 25.7 Å². The molecule has 0 radical (unpaired) electrons. The van der Waals surface area contributed by atoms with E-state index in [-0.39, 0.29) is 55.0 Å². The largest absolute Gasteiger partial charge is 0.504 e. The summed E-state index contributed by atoms with van der Waals surface area (Å²) in [6.45, 7) is 1.92. The fourth-order valence-electron chi connectivity index (χ4n) is 6.05. The predicted octanol–water partition coefficient (Wildman–Crippen LogP) is 4.77. The molecule has 6 bridgehead atoms. The molecule has 49 heavy (non-hydrogen) atoms. The third-order valence-electron chi connectivity index (χ3n) is 8.67. The number of fused-ring (bicyclic) bond motifs is 8. The lowest BCUT2D eigenvalue weighted by Crippen LogP contribution is -2.46. The maximum Gasteiger partial charge on any atom is 0.290 e. The molecule has 1 fully saturated rings. The highest BCUT2D eigenvalue weighted by molar-refractivity contribution is 5.93. The van der Waals surface area contributed by atoms with Crippen molar-refractivity contribution in [3.05, 3.63) is 95.6 Å². The van der Waals surface area contributed by atoms with E-state index in [1.807, 2.05) is 30.3 Å². The van der Waals surface area contributed by atoms with Crippen LogP contribution in [0.1, 0.15) is 40.4 Å². The van der Waals surface area contributed by atoms with Crippen LogP contribution in [0.4, 0.5) is 0 Å². The number of benzene rings is 3. The number of hydrogen-bond acceptors (Lipinski definition) is 10. The van der Waals surface area contributed by atoms with Crippen LogP contribution >= 0.6 is 0 Å². The Morgan fingerprint density at radius 1 is 1.02 bits per heavy atom. The number of aromatic hydroxyl groups is 1. The van der Waals surface area contributed by atoms with E-state index in [0.29, 0.717) is 46.5 Å². The van der Waals surface area contributed by atoms with Gasteiger partial charge in [0, 0.05) is 36.2 Å². The Labute approximate surface area is 280 Å². The molecule has 0 aliphatic carbocycles. The van der Waals surface area contributed by atoms with Crippen molar-refractivity contribution >= 4 is 17.7 Å². The van der Waals surface area contributed by atoms with E-state index in [2.05, 4.69) is 20.8 Å². The molecule has 0 spiro atoms. The minimum atomic E-state index is -0.846. The number of phenolic OH excluding ortho intramolecular Hbond substituents is 1. The summed E-state index contributed by atoms with van der Waals surface area (Å²) in [5.74, 6) is 0.509. The monoisotopic (exact) mass is 663 g/mol. The normalized spacial score (nSPS) is 17.7. The smallest absolute Gasteiger partial charge is 0.290 e. The Kier molecular flexibility index (Phi) is 8.47. The van der Waals surface area contributed by atoms with Crippen LogP contribution in [0.25, 0.3) is 22.7 Å². The SMILES string of the molecule is COc1ccc2cc1Oc1cc(ccc1O)CCC(=O)N1C[C@@H](NC(=O)c3cc(-c4ccccc4)no3)C[C@H]1C(=O)NCc1nc-2oc1C. The Hall–Kier alpha value is -6.11. The molecule has 5 aromatic rings. The van der Waals surface area contributed by atoms with Crippen LogP contribution in [-0.2, 0) is 22.6 Å². The summed E-state index contributed by atoms with van der Waals surface area (Å²) in [5, 5.41) is 20.5. The van der Waals surface area contributed by atoms with Gasteiger partial charge in [0.15, 0.2) is 23.0 Å². The number of nitrogens with one attached hydrogen (secondary N) is 2. The molecule has 0 saturated carbocycles. The van der Waals surface area contributed by atoms with E-state index >= 15 is 0 Å². The van der Waals surface area contributed by atoms with E-state index in [0.717, 1.165) is 11.1 Å². The maximum absolute atomic E-state index is 13.7. The molecule has 13 heteroatoms. The Bertz CT molecular complexity index is 2040. The molecule has 1 saturated heterocycles. The number of rotatable bonds is 4. The Morgan fingerprint density at radius 3 is 2.67 bits per heavy atom. The van der Waals surface area contributed by atoms with Crippen LogP contribution in [0.15, 0.2) is 81.7 Å². The minimum absolute atomic E-state index is 0.0208. The van der Waals surface area contributed by atoms with Crippen LogP contribution in [0.5, 0.6) is 23.0 Å². The summed E-state index contributed by atoms with van der Waals surface area (Å²) in [6.07, 6.45) is 0.575. The van der Waals surface area contributed by atoms with Gasteiger partial charge in [-0.1, -0.05) is 41.6 Å². The topological polar surface area (TPSA) is 169 Å². The molecule has 3 N–H and O–H groups in total. The summed E-state index contributed by atoms with van der Waals surface area (Å²) < 4.78 is 22.9. The van der Waals surface area contributed by atoms with Crippen molar-refractivity contribution in [1.29, 1.82) is 0 Å². The zero-order valence-electron chi connectivity index (χ0n) is 26.8. The highest BCUT2D eigenvalue weighted by atomic mass is 16.5. The molecule has 3 amide bonds. The van der Waals surface area contributed by atoms with Crippen LogP contribution in [0, 0.1) is 6.92 Å². The van der Waals surface area contributed by atoms with E-state index in [4.69, 9.17) is 18.4 Å². The molecular formula is C36H33N5O8. The summed E-state index contributed by atoms with van der Waals surface area (Å²) in [7, 11) is 1.51. The van der Waals surface area contributed by atoms with Gasteiger partial charge in [-0.05, 0) is 55.7 Å². The Morgan fingerprint density at radius 2 is 1.86 bits per heavy atom. The number of aromatic nitrogens is 2. The lowest BCUT2D eigenvalue weighted by Gasteiger charge is -2.24. The third-order valence-corrected chi connectivity index (χ3v) is 8.67. The quantitative estimate of drug-likeness (QED) is 0.243. The van der Waals surface area contributed by atoms with Crippen molar-refractivity contribution in [3.63, 3.8) is 0 Å². The molecular weight excluding hydrogens is 630 g/mol. The first-order valence-corrected chi connectivity index (χ1v) is 15.8. The van der Waals surface area contributed by atoms with Gasteiger partial charge in [-0.2, -0.15) is 0 Å². The number of hydrogen-bond donors (Lipinski definition) is 3. The van der Waals surface area contributed by atoms with Gasteiger partial charge in [-0.25, -0.2) is 4.98 Å². The standard InChI is InChI=1S/C36H33N5O8/c1-20-26-18-37-34(44)27-16-24(38-35(45)32-17-25(40-49-32)22-6-4-3-5-7-22)19-41(27)33(43)13-9-21-8-11-28(42)30(14-21)48-31-15-23(36(39-26)47-20)10-12-29(31)46-2/h3-8,10-12,14-15,17,24,27,42H,9,13,16,18-19H2,1-2H3,(H,37,44)(H,38,45)/t24-,27-/m0/s1. The molecule has 2 aromatic heterocycles. The van der Waals surface area contributed by atoms with Gasteiger partial charge < -0.3 is 39.1 Å². The molecule has 3 aromatic carbocycles. The average Bonchev–Trinajstić information content (AvgIpc) is 3.86. The number of carbonyl (C=O) groups excluding carboxylic acids is 3. The number of aryl methyl sites for hydroxylation is 2. The zero-order valence-corrected chi connectivity index (χ0v) is 26.8. The molecule has 2 aliphatic heterocycles. The summed E-state index contributed by atoms with van der Waals surface area (Å²) >= 11 is 0. The van der Waals surface area contributed by atoms with E-state index < -0.39 is 18.0 Å². The molecule has 7 rings (SSSR count). The van der Waals surface area contributed by atoms with Gasteiger partial charge in [0.05, 0.1) is 13.7 Å². The molecule has 2 atom stereocenters. The van der Waals surface area contributed by atoms with E-state index in [1.165, 1.54) is 18.1 Å². The van der Waals surface area contributed by atoms with Crippen molar-refractivity contribution in [2.75, 3.05) is 13.7 Å². The van der Waals surface area contributed by atoms with Crippen LogP contribution in [0.3, 0.4) is 0 Å². The van der Waals surface area contributed by atoms with Crippen LogP contribution in [0.2, 0.25) is 0 Å². The van der Waals surface area contributed by atoms with Gasteiger partial charge in [0.2, 0.25) is 23.5 Å². The summed E-state index contributed by atoms with van der Waals surface area (Å²) in [4.78, 5) is 46.6. The number of oxazole rings is 1. The number of phenols is 1. The highest BCUT2D eigenvalue weighted by Gasteiger charge is 2.40. The van der Waals surface area contributed by atoms with Gasteiger partial charge in [-0.3, -0.25) is 14.4 Å². The van der Waals surface area contributed by atoms with Crippen LogP contribution < -0.4 is 20.1 Å². The van der Waals surface area contributed by atoms with Crippen LogP contribution in [-0.4, -0.2) is 63.6 Å². The number of ether oxygens (including phenoxy) is 2. The van der Waals surface area contributed by atoms with E-state index in [1.54, 1.807) is 43.3 Å². The fourth-order valence-corrected chi connectivity index (χ4v) is 6.05. The lowest BCUT2D eigenvalue weighted by molar-refractivity contribution is -0.138. The maximum atomic E-state index is 13.7. The van der Waals surface area contributed by atoms with Crippen molar-refractivity contribution < 1.29 is 37.9 Å². The highest BCUT2D eigenvalue weighted by Crippen LogP contribution is 2.39. The number of nitrogens with zero attached hydrogens (tertiary/aromatic N) is 3. The summed E-state index contributed by atoms with van der Waals surface area (Å²) in [6, 6.07) is 19.5. The fraction of sp³-hybridized carbons (Fsp3) is 0.250. The van der Waals surface area contributed by atoms with Gasteiger partial charge in [0.25, 0.3) is 5.91 Å². The van der Waals surface area contributed by atoms with Crippen molar-refractivity contribution in [3.8, 4) is 45.7 Å². The first kappa shape index (κ1) is 31.5. The average molecular weight is 664 g/mol. The lowest BCUT2D eigenvalue weighted by atomic mass is 10.1. The Balaban J connectivity index is 1.15. The second-order valence-electron chi connectivity index (χ2n) is 11.9. The predicted molar refractivity (Wildman–Crippen MR) is 175 cm³/mol. The molecule has 13 nitrogen and oxygen atoms in total. The number of carbonyl (C=O) groups is 3. The zero-order chi connectivity index (χ0) is 34.1. The first-order valence-electron chi connectivity index (χ1n) is 15.8. The second kappa shape index (κ2) is 13.2. The first-order chi connectivity index (χ1) is 23.7. The molecule has 2 aliphatic rings. The molecule has 0 unspecified atom stereocenters. The van der Waals surface area contributed by atoms with Gasteiger partial charge in [0.1, 0.15) is 23.2 Å². The minimum Gasteiger partial charge on any atom is -0.504 e. The number of amides is 3. The third kappa shape index (κ3) is 6.55. The molecule has 250 valence electrons. The van der Waals surface area contributed by atoms with Gasteiger partial charge in [-0.15, -0.1) is 0 Å². The van der Waals surface area contributed by atoms with Crippen molar-refractivity contribution in [2.45, 2.75) is 44.8 Å². The second-order valence-corrected chi connectivity index (χ2v) is 11.9. The number of methoxy groups -OCH3 is 1. The van der Waals surface area contributed by atoms with E-state index in [9.17, 15) is 19.5 Å². The van der Waals surface area contributed by atoms with Crippen molar-refractivity contribution in [2.24, 2.45) is 0 Å². The summed E-state index contributed by atoms with van der Waals surface area (Å²) in [5.41, 5.74) is 3.16. The van der Waals surface area contributed by atoms with Gasteiger partial charge >= 0.3 is 0 Å². The molecule has 4 heterocycles.